The van der Waals surface area contributed by atoms with Gasteiger partial charge in [0.15, 0.2) is 0 Å². The van der Waals surface area contributed by atoms with Crippen molar-refractivity contribution in [2.75, 3.05) is 20.1 Å². The number of hydrogen-bond donors (Lipinski definition) is 1. The maximum atomic E-state index is 12.6. The Labute approximate surface area is 122 Å². The van der Waals surface area contributed by atoms with Crippen LogP contribution in [0.1, 0.15) is 31.7 Å². The van der Waals surface area contributed by atoms with Crippen LogP contribution in [0.25, 0.3) is 0 Å². The van der Waals surface area contributed by atoms with E-state index in [0.717, 1.165) is 24.8 Å². The minimum atomic E-state index is -3.33. The van der Waals surface area contributed by atoms with Gasteiger partial charge in [-0.05, 0) is 43.5 Å². The van der Waals surface area contributed by atoms with E-state index in [4.69, 9.17) is 0 Å². The molecule has 0 aromatic heterocycles. The van der Waals surface area contributed by atoms with E-state index in [1.165, 1.54) is 0 Å². The molecule has 1 saturated heterocycles. The molecule has 5 heteroatoms. The summed E-state index contributed by atoms with van der Waals surface area (Å²) in [4.78, 5) is 0.419. The topological polar surface area (TPSA) is 49.4 Å². The van der Waals surface area contributed by atoms with Crippen molar-refractivity contribution >= 4 is 10.0 Å². The van der Waals surface area contributed by atoms with Crippen LogP contribution in [-0.2, 0) is 16.6 Å². The van der Waals surface area contributed by atoms with Crippen LogP contribution in [0.2, 0.25) is 0 Å². The van der Waals surface area contributed by atoms with Gasteiger partial charge >= 0.3 is 0 Å². The number of sulfonamides is 1. The number of hydrogen-bond acceptors (Lipinski definition) is 3. The Hall–Kier alpha value is -0.910. The quantitative estimate of drug-likeness (QED) is 0.875. The molecule has 1 aromatic carbocycles. The van der Waals surface area contributed by atoms with Crippen LogP contribution >= 0.6 is 0 Å². The molecular weight excluding hydrogens is 272 g/mol. The maximum absolute atomic E-state index is 12.6. The van der Waals surface area contributed by atoms with E-state index < -0.39 is 10.0 Å². The van der Waals surface area contributed by atoms with Crippen molar-refractivity contribution in [2.45, 2.75) is 37.6 Å². The highest BCUT2D eigenvalue weighted by molar-refractivity contribution is 7.89. The van der Waals surface area contributed by atoms with Gasteiger partial charge < -0.3 is 5.32 Å². The van der Waals surface area contributed by atoms with E-state index in [1.807, 2.05) is 19.2 Å². The van der Waals surface area contributed by atoms with Gasteiger partial charge in [-0.1, -0.05) is 25.5 Å². The fourth-order valence-electron chi connectivity index (χ4n) is 2.83. The molecule has 0 amide bonds. The normalized spacial score (nSPS) is 20.4. The summed E-state index contributed by atoms with van der Waals surface area (Å²) >= 11 is 0. The lowest BCUT2D eigenvalue weighted by molar-refractivity contribution is 0.444. The van der Waals surface area contributed by atoms with E-state index in [-0.39, 0.29) is 0 Å². The Kier molecular flexibility index (Phi) is 5.18. The summed E-state index contributed by atoms with van der Waals surface area (Å²) in [6, 6.07) is 7.24. The van der Waals surface area contributed by atoms with E-state index in [1.54, 1.807) is 16.4 Å². The lowest BCUT2D eigenvalue weighted by Gasteiger charge is -2.17. The average molecular weight is 296 g/mol. The molecule has 1 heterocycles. The third-order valence-electron chi connectivity index (χ3n) is 3.86. The molecule has 2 rings (SSSR count). The highest BCUT2D eigenvalue weighted by Crippen LogP contribution is 2.27. The van der Waals surface area contributed by atoms with Crippen molar-refractivity contribution < 1.29 is 8.42 Å². The lowest BCUT2D eigenvalue weighted by Crippen LogP contribution is -2.29. The van der Waals surface area contributed by atoms with Gasteiger partial charge in [0.2, 0.25) is 10.0 Å². The first-order valence-electron chi connectivity index (χ1n) is 7.31. The standard InChI is InChI=1S/C15H24N2O2S/c1-3-5-13-8-9-17(12-13)20(18,19)15-7-4-6-14(10-15)11-16-2/h4,6-7,10,13,16H,3,5,8-9,11-12H2,1-2H3. The third kappa shape index (κ3) is 3.40. The Morgan fingerprint density at radius 3 is 2.90 bits per heavy atom. The summed E-state index contributed by atoms with van der Waals surface area (Å²) in [6.45, 7) is 4.16. The minimum absolute atomic E-state index is 0.419. The van der Waals surface area contributed by atoms with Gasteiger partial charge in [-0.3, -0.25) is 0 Å². The summed E-state index contributed by atoms with van der Waals surface area (Å²) < 4.78 is 26.9. The van der Waals surface area contributed by atoms with E-state index in [9.17, 15) is 8.42 Å². The van der Waals surface area contributed by atoms with Gasteiger partial charge in [0.25, 0.3) is 0 Å². The minimum Gasteiger partial charge on any atom is -0.316 e. The highest BCUT2D eigenvalue weighted by Gasteiger charge is 2.31. The summed E-state index contributed by atoms with van der Waals surface area (Å²) in [5, 5.41) is 3.05. The SMILES string of the molecule is CCCC1CCN(S(=O)(=O)c2cccc(CNC)c2)C1. The molecule has 0 radical (unpaired) electrons. The first-order valence-corrected chi connectivity index (χ1v) is 8.75. The molecule has 1 unspecified atom stereocenters. The van der Waals surface area contributed by atoms with E-state index >= 15 is 0 Å². The molecule has 0 spiro atoms. The van der Waals surface area contributed by atoms with Gasteiger partial charge in [-0.2, -0.15) is 4.31 Å². The van der Waals surface area contributed by atoms with Crippen molar-refractivity contribution in [3.63, 3.8) is 0 Å². The fourth-order valence-corrected chi connectivity index (χ4v) is 4.43. The molecule has 0 aliphatic carbocycles. The smallest absolute Gasteiger partial charge is 0.243 e. The second kappa shape index (κ2) is 6.70. The van der Waals surface area contributed by atoms with E-state index in [0.29, 0.717) is 30.4 Å². The zero-order valence-electron chi connectivity index (χ0n) is 12.3. The second-order valence-corrected chi connectivity index (χ2v) is 7.42. The molecule has 1 atom stereocenters. The van der Waals surface area contributed by atoms with Crippen molar-refractivity contribution in [1.29, 1.82) is 0 Å². The molecular formula is C15H24N2O2S. The number of nitrogens with one attached hydrogen (secondary N) is 1. The molecule has 0 saturated carbocycles. The molecule has 0 bridgehead atoms. The molecule has 20 heavy (non-hydrogen) atoms. The van der Waals surface area contributed by atoms with Crippen LogP contribution in [0.4, 0.5) is 0 Å². The van der Waals surface area contributed by atoms with Gasteiger partial charge in [0.1, 0.15) is 0 Å². The largest absolute Gasteiger partial charge is 0.316 e. The van der Waals surface area contributed by atoms with Gasteiger partial charge in [0, 0.05) is 19.6 Å². The Morgan fingerprint density at radius 1 is 1.40 bits per heavy atom. The van der Waals surface area contributed by atoms with Gasteiger partial charge in [-0.15, -0.1) is 0 Å². The summed E-state index contributed by atoms with van der Waals surface area (Å²) in [6.07, 6.45) is 3.23. The molecule has 1 N–H and O–H groups in total. The summed E-state index contributed by atoms with van der Waals surface area (Å²) in [5.41, 5.74) is 0.998. The lowest BCUT2D eigenvalue weighted by atomic mass is 10.0. The number of rotatable bonds is 6. The Balaban J connectivity index is 2.16. The van der Waals surface area contributed by atoms with E-state index in [2.05, 4.69) is 12.2 Å². The Morgan fingerprint density at radius 2 is 2.20 bits per heavy atom. The predicted molar refractivity (Wildman–Crippen MR) is 81.0 cm³/mol. The monoisotopic (exact) mass is 296 g/mol. The van der Waals surface area contributed by atoms with Crippen LogP contribution in [0.5, 0.6) is 0 Å². The van der Waals surface area contributed by atoms with Gasteiger partial charge in [-0.25, -0.2) is 8.42 Å². The zero-order valence-corrected chi connectivity index (χ0v) is 13.1. The van der Waals surface area contributed by atoms with Crippen molar-refractivity contribution in [3.05, 3.63) is 29.8 Å². The third-order valence-corrected chi connectivity index (χ3v) is 5.72. The molecule has 1 aliphatic rings. The summed E-state index contributed by atoms with van der Waals surface area (Å²) in [5.74, 6) is 0.523. The van der Waals surface area contributed by atoms with Crippen molar-refractivity contribution in [3.8, 4) is 0 Å². The average Bonchev–Trinajstić information content (AvgIpc) is 2.89. The molecule has 4 nitrogen and oxygen atoms in total. The number of nitrogens with zero attached hydrogens (tertiary/aromatic N) is 1. The van der Waals surface area contributed by atoms with Crippen molar-refractivity contribution in [1.82, 2.24) is 9.62 Å². The summed E-state index contributed by atoms with van der Waals surface area (Å²) in [7, 11) is -1.47. The molecule has 1 aromatic rings. The number of benzene rings is 1. The van der Waals surface area contributed by atoms with Crippen LogP contribution in [-0.4, -0.2) is 32.9 Å². The first kappa shape index (κ1) is 15.5. The first-order chi connectivity index (χ1) is 9.57. The van der Waals surface area contributed by atoms with Crippen LogP contribution in [0.15, 0.2) is 29.2 Å². The highest BCUT2D eigenvalue weighted by atomic mass is 32.2. The van der Waals surface area contributed by atoms with Crippen molar-refractivity contribution in [2.24, 2.45) is 5.92 Å². The van der Waals surface area contributed by atoms with Crippen LogP contribution < -0.4 is 5.32 Å². The Bertz CT molecular complexity index is 543. The fraction of sp³-hybridized carbons (Fsp3) is 0.600. The molecule has 1 fully saturated rings. The van der Waals surface area contributed by atoms with Gasteiger partial charge in [0.05, 0.1) is 4.90 Å². The zero-order chi connectivity index (χ0) is 14.6. The maximum Gasteiger partial charge on any atom is 0.243 e. The van der Waals surface area contributed by atoms with Crippen LogP contribution in [0, 0.1) is 5.92 Å². The molecule has 1 aliphatic heterocycles. The molecule has 112 valence electrons. The second-order valence-electron chi connectivity index (χ2n) is 5.48. The predicted octanol–water partition coefficient (Wildman–Crippen LogP) is 2.22. The van der Waals surface area contributed by atoms with Crippen LogP contribution in [0.3, 0.4) is 0 Å².